The Kier molecular flexibility index (Phi) is 7.34. The van der Waals surface area contributed by atoms with E-state index < -0.39 is 23.9 Å². The lowest BCUT2D eigenvalue weighted by Crippen LogP contribution is -2.42. The van der Waals surface area contributed by atoms with Gasteiger partial charge in [0.1, 0.15) is 23.8 Å². The summed E-state index contributed by atoms with van der Waals surface area (Å²) in [6, 6.07) is 13.1. The second kappa shape index (κ2) is 10.7. The molecule has 7 nitrogen and oxygen atoms in total. The van der Waals surface area contributed by atoms with E-state index in [1.165, 1.54) is 4.58 Å². The fourth-order valence-corrected chi connectivity index (χ4v) is 5.23. The molecule has 3 amide bonds. The molecular formula is C28H29F3N3O4+. The summed E-state index contributed by atoms with van der Waals surface area (Å²) in [6.45, 7) is 2.06. The smallest absolute Gasteiger partial charge is 0.420 e. The number of carbonyl (C=O) groups excluding carboxylic acids is 3. The molecule has 3 heterocycles. The van der Waals surface area contributed by atoms with E-state index in [-0.39, 0.29) is 37.6 Å². The number of ether oxygens (including phenoxy) is 1. The van der Waals surface area contributed by atoms with Crippen LogP contribution in [0.15, 0.2) is 42.5 Å². The van der Waals surface area contributed by atoms with Crippen LogP contribution in [0.5, 0.6) is 5.75 Å². The van der Waals surface area contributed by atoms with Gasteiger partial charge in [0.05, 0.1) is 11.5 Å². The molecule has 0 radical (unpaired) electrons. The van der Waals surface area contributed by atoms with Gasteiger partial charge in [-0.05, 0) is 55.6 Å². The van der Waals surface area contributed by atoms with Gasteiger partial charge in [0.25, 0.3) is 0 Å². The van der Waals surface area contributed by atoms with Gasteiger partial charge in [0.2, 0.25) is 11.8 Å². The zero-order valence-corrected chi connectivity index (χ0v) is 20.8. The van der Waals surface area contributed by atoms with Crippen LogP contribution >= 0.6 is 0 Å². The third-order valence-electron chi connectivity index (χ3n) is 7.47. The van der Waals surface area contributed by atoms with E-state index in [0.29, 0.717) is 44.0 Å². The van der Waals surface area contributed by atoms with Crippen LogP contribution in [0.4, 0.5) is 13.2 Å². The molecule has 1 N–H and O–H groups in total. The summed E-state index contributed by atoms with van der Waals surface area (Å²) < 4.78 is 46.2. The van der Waals surface area contributed by atoms with E-state index in [9.17, 15) is 27.6 Å². The number of likely N-dealkylation sites (tertiary alicyclic amines) is 1. The number of hydrogen-bond donors (Lipinski definition) is 1. The largest absolute Gasteiger partial charge is 0.488 e. The van der Waals surface area contributed by atoms with E-state index in [0.717, 1.165) is 16.7 Å². The van der Waals surface area contributed by atoms with Crippen molar-refractivity contribution in [2.24, 2.45) is 11.8 Å². The van der Waals surface area contributed by atoms with Crippen molar-refractivity contribution in [2.75, 3.05) is 13.1 Å². The molecule has 200 valence electrons. The quantitative estimate of drug-likeness (QED) is 0.456. The Morgan fingerprint density at radius 2 is 1.71 bits per heavy atom. The van der Waals surface area contributed by atoms with Gasteiger partial charge in [-0.2, -0.15) is 17.7 Å². The Bertz CT molecular complexity index is 1270. The van der Waals surface area contributed by atoms with E-state index >= 15 is 0 Å². The van der Waals surface area contributed by atoms with Gasteiger partial charge in [0, 0.05) is 13.0 Å². The monoisotopic (exact) mass is 528 g/mol. The second-order valence-electron chi connectivity index (χ2n) is 10.1. The lowest BCUT2D eigenvalue weighted by Gasteiger charge is -2.32. The van der Waals surface area contributed by atoms with Crippen molar-refractivity contribution < 1.29 is 36.9 Å². The highest BCUT2D eigenvalue weighted by Crippen LogP contribution is 2.34. The summed E-state index contributed by atoms with van der Waals surface area (Å²) >= 11 is 0. The van der Waals surface area contributed by atoms with Crippen molar-refractivity contribution in [1.29, 1.82) is 0 Å². The normalized spacial score (nSPS) is 22.0. The number of nitrogens with one attached hydrogen (secondary N) is 1. The van der Waals surface area contributed by atoms with Crippen LogP contribution in [-0.4, -0.2) is 52.7 Å². The van der Waals surface area contributed by atoms with Crippen LogP contribution in [0.25, 0.3) is 0 Å². The van der Waals surface area contributed by atoms with Crippen molar-refractivity contribution in [1.82, 2.24) is 10.2 Å². The fraction of sp³-hybridized carbons (Fsp3) is 0.429. The molecule has 1 unspecified atom stereocenters. The van der Waals surface area contributed by atoms with E-state index in [4.69, 9.17) is 4.74 Å². The SMILES string of the molecule is O=C1CCC(C=[N+]2Cc3c(OCc4ccc(CN5CCC(C(F)(F)F)CC5)cc4)cccc3C2=O)C(=O)N1. The molecule has 0 saturated carbocycles. The maximum absolute atomic E-state index is 12.9. The number of alkyl halides is 3. The van der Waals surface area contributed by atoms with Crippen LogP contribution in [-0.2, 0) is 29.3 Å². The van der Waals surface area contributed by atoms with Gasteiger partial charge in [0.15, 0.2) is 12.8 Å². The molecule has 2 saturated heterocycles. The fourth-order valence-electron chi connectivity index (χ4n) is 5.23. The molecule has 3 aliphatic heterocycles. The van der Waals surface area contributed by atoms with Gasteiger partial charge < -0.3 is 4.74 Å². The van der Waals surface area contributed by atoms with Gasteiger partial charge in [-0.25, -0.2) is 4.79 Å². The van der Waals surface area contributed by atoms with Crippen molar-refractivity contribution >= 4 is 23.9 Å². The van der Waals surface area contributed by atoms with Crippen LogP contribution in [0.3, 0.4) is 0 Å². The summed E-state index contributed by atoms with van der Waals surface area (Å²) in [7, 11) is 0. The van der Waals surface area contributed by atoms with E-state index in [1.54, 1.807) is 24.4 Å². The van der Waals surface area contributed by atoms with Crippen LogP contribution in [0, 0.1) is 11.8 Å². The summed E-state index contributed by atoms with van der Waals surface area (Å²) in [5.41, 5.74) is 3.24. The number of amides is 3. The standard InChI is InChI=1S/C28H28F3N3O4/c29-28(30,31)21-10-12-33(13-11-21)14-18-4-6-19(7-5-18)17-38-24-3-1-2-22-23(24)16-34(27(22)37)15-20-8-9-25(35)32-26(20)36/h1-7,15,20-21H,8-14,16-17H2/p+1. The number of imide groups is 1. The zero-order chi connectivity index (χ0) is 26.9. The van der Waals surface area contributed by atoms with Gasteiger partial charge in [-0.3, -0.25) is 19.8 Å². The number of hydrogen-bond acceptors (Lipinski definition) is 5. The average Bonchev–Trinajstić information content (AvgIpc) is 3.21. The minimum Gasteiger partial charge on any atom is -0.488 e. The maximum atomic E-state index is 12.9. The van der Waals surface area contributed by atoms with E-state index in [1.807, 2.05) is 24.3 Å². The number of benzene rings is 2. The molecule has 3 aliphatic rings. The van der Waals surface area contributed by atoms with Crippen LogP contribution in [0.2, 0.25) is 0 Å². The molecule has 0 bridgehead atoms. The molecule has 5 rings (SSSR count). The molecule has 2 fully saturated rings. The second-order valence-corrected chi connectivity index (χ2v) is 10.1. The molecule has 38 heavy (non-hydrogen) atoms. The molecule has 2 aromatic rings. The van der Waals surface area contributed by atoms with Crippen molar-refractivity contribution in [3.05, 3.63) is 64.7 Å². The molecule has 0 aromatic heterocycles. The number of piperidine rings is 2. The lowest BCUT2D eigenvalue weighted by atomic mass is 9.96. The first-order valence-corrected chi connectivity index (χ1v) is 12.8. The Labute approximate surface area is 218 Å². The first-order chi connectivity index (χ1) is 18.2. The third-order valence-corrected chi connectivity index (χ3v) is 7.47. The number of halogens is 3. The molecule has 0 spiro atoms. The Balaban J connectivity index is 1.18. The summed E-state index contributed by atoms with van der Waals surface area (Å²) in [5, 5.41) is 2.31. The van der Waals surface area contributed by atoms with Gasteiger partial charge in [-0.15, -0.1) is 0 Å². The molecule has 10 heteroatoms. The van der Waals surface area contributed by atoms with Gasteiger partial charge >= 0.3 is 12.1 Å². The summed E-state index contributed by atoms with van der Waals surface area (Å²) in [4.78, 5) is 38.5. The van der Waals surface area contributed by atoms with E-state index in [2.05, 4.69) is 10.2 Å². The minimum absolute atomic E-state index is 0.141. The summed E-state index contributed by atoms with van der Waals surface area (Å²) in [6.07, 6.45) is -1.62. The molecule has 2 aromatic carbocycles. The highest BCUT2D eigenvalue weighted by Gasteiger charge is 2.41. The number of fused-ring (bicyclic) bond motifs is 1. The minimum atomic E-state index is -4.11. The zero-order valence-electron chi connectivity index (χ0n) is 20.8. The Morgan fingerprint density at radius 1 is 1.00 bits per heavy atom. The van der Waals surface area contributed by atoms with Crippen LogP contribution in [0.1, 0.15) is 52.7 Å². The van der Waals surface area contributed by atoms with Crippen molar-refractivity contribution in [2.45, 2.75) is 51.6 Å². The van der Waals surface area contributed by atoms with Crippen molar-refractivity contribution in [3.8, 4) is 5.75 Å². The van der Waals surface area contributed by atoms with Crippen LogP contribution < -0.4 is 10.1 Å². The first kappa shape index (κ1) is 26.1. The predicted molar refractivity (Wildman–Crippen MR) is 132 cm³/mol. The number of carbonyl (C=O) groups is 3. The van der Waals surface area contributed by atoms with Crippen molar-refractivity contribution in [3.63, 3.8) is 0 Å². The molecule has 0 aliphatic carbocycles. The molecule has 1 atom stereocenters. The summed E-state index contributed by atoms with van der Waals surface area (Å²) in [5.74, 6) is -2.05. The Hall–Kier alpha value is -3.53. The lowest BCUT2D eigenvalue weighted by molar-refractivity contribution is -0.434. The predicted octanol–water partition coefficient (Wildman–Crippen LogP) is 3.83. The number of rotatable bonds is 6. The average molecular weight is 529 g/mol. The maximum Gasteiger partial charge on any atom is 0.420 e. The number of nitrogens with zero attached hydrogens (tertiary/aromatic N) is 2. The molecular weight excluding hydrogens is 499 g/mol. The highest BCUT2D eigenvalue weighted by atomic mass is 19.4. The Morgan fingerprint density at radius 3 is 2.39 bits per heavy atom. The topological polar surface area (TPSA) is 78.7 Å². The highest BCUT2D eigenvalue weighted by molar-refractivity contribution is 6.05. The van der Waals surface area contributed by atoms with Gasteiger partial charge in [-0.1, -0.05) is 30.3 Å². The first-order valence-electron chi connectivity index (χ1n) is 12.8. The third kappa shape index (κ3) is 5.80.